The highest BCUT2D eigenvalue weighted by Gasteiger charge is 2.38. The van der Waals surface area contributed by atoms with Crippen LogP contribution in [0.1, 0.15) is 43.2 Å². The molecular formula is C23H27ClN4. The fourth-order valence-electron chi connectivity index (χ4n) is 4.46. The van der Waals surface area contributed by atoms with Crippen molar-refractivity contribution < 1.29 is 0 Å². The molecule has 1 aliphatic heterocycles. The number of piperidine rings is 1. The van der Waals surface area contributed by atoms with Gasteiger partial charge in [-0.2, -0.15) is 15.0 Å². The Hall–Kier alpha value is -2.17. The molecule has 0 aliphatic carbocycles. The van der Waals surface area contributed by atoms with Gasteiger partial charge in [0.15, 0.2) is 0 Å². The van der Waals surface area contributed by atoms with E-state index in [2.05, 4.69) is 58.0 Å². The van der Waals surface area contributed by atoms with Crippen LogP contribution in [0.5, 0.6) is 0 Å². The lowest BCUT2D eigenvalue weighted by Gasteiger charge is -2.35. The molecule has 1 aromatic heterocycles. The maximum Gasteiger partial charge on any atom is 0.132 e. The molecule has 2 aromatic carbocycles. The first-order chi connectivity index (χ1) is 13.8. The lowest BCUT2D eigenvalue weighted by Crippen LogP contribution is -2.38. The van der Waals surface area contributed by atoms with Crippen LogP contribution in [0.25, 0.3) is 0 Å². The van der Waals surface area contributed by atoms with E-state index in [1.54, 1.807) is 12.4 Å². The summed E-state index contributed by atoms with van der Waals surface area (Å²) in [7, 11) is 0. The second-order valence-electron chi connectivity index (χ2n) is 7.64. The Balaban J connectivity index is 1.71. The molecule has 5 heteroatoms. The van der Waals surface area contributed by atoms with E-state index in [9.17, 15) is 0 Å². The van der Waals surface area contributed by atoms with Crippen LogP contribution >= 0.6 is 11.6 Å². The van der Waals surface area contributed by atoms with Crippen LogP contribution < -0.4 is 5.32 Å². The number of hydrogen-bond acceptors (Lipinski definition) is 3. The predicted octanol–water partition coefficient (Wildman–Crippen LogP) is 4.89. The normalized spacial score (nSPS) is 17.3. The molecule has 0 saturated carbocycles. The Labute approximate surface area is 171 Å². The molecule has 3 aromatic rings. The Bertz CT molecular complexity index is 842. The number of aromatic nitrogens is 3. The van der Waals surface area contributed by atoms with E-state index in [0.717, 1.165) is 36.9 Å². The number of nitrogens with one attached hydrogen (secondary N) is 1. The summed E-state index contributed by atoms with van der Waals surface area (Å²) in [5.74, 6) is 0.811. The quantitative estimate of drug-likeness (QED) is 0.620. The van der Waals surface area contributed by atoms with Gasteiger partial charge in [0.25, 0.3) is 0 Å². The molecule has 0 bridgehead atoms. The SMILES string of the molecule is Clc1ccc(C(CCCC2CCNCC2)(c2ccccc2)n2nccn2)cc1. The summed E-state index contributed by atoms with van der Waals surface area (Å²) >= 11 is 6.19. The first-order valence-corrected chi connectivity index (χ1v) is 10.6. The van der Waals surface area contributed by atoms with Crippen molar-refractivity contribution in [1.29, 1.82) is 0 Å². The van der Waals surface area contributed by atoms with E-state index in [1.165, 1.54) is 30.4 Å². The van der Waals surface area contributed by atoms with Gasteiger partial charge in [-0.25, -0.2) is 0 Å². The van der Waals surface area contributed by atoms with Crippen molar-refractivity contribution >= 4 is 11.6 Å². The van der Waals surface area contributed by atoms with Crippen molar-refractivity contribution in [2.24, 2.45) is 5.92 Å². The summed E-state index contributed by atoms with van der Waals surface area (Å²) in [6.45, 7) is 2.29. The van der Waals surface area contributed by atoms with Gasteiger partial charge in [0, 0.05) is 5.02 Å². The van der Waals surface area contributed by atoms with E-state index in [1.807, 2.05) is 16.9 Å². The molecule has 0 amide bonds. The Morgan fingerprint density at radius 2 is 1.57 bits per heavy atom. The zero-order valence-electron chi connectivity index (χ0n) is 16.1. The number of benzene rings is 2. The van der Waals surface area contributed by atoms with Crippen LogP contribution in [0.3, 0.4) is 0 Å². The summed E-state index contributed by atoms with van der Waals surface area (Å²) < 4.78 is 0. The second kappa shape index (κ2) is 8.89. The lowest BCUT2D eigenvalue weighted by molar-refractivity contribution is 0.282. The monoisotopic (exact) mass is 394 g/mol. The van der Waals surface area contributed by atoms with Gasteiger partial charge in [0.1, 0.15) is 5.54 Å². The third-order valence-corrected chi connectivity index (χ3v) is 6.19. The van der Waals surface area contributed by atoms with Gasteiger partial charge in [0.05, 0.1) is 12.4 Å². The van der Waals surface area contributed by atoms with Crippen LogP contribution in [0.2, 0.25) is 5.02 Å². The standard InChI is InChI=1S/C23H27ClN4/c24-22-10-8-21(9-11-22)23(28-26-17-18-27-28,20-6-2-1-3-7-20)14-4-5-19-12-15-25-16-13-19/h1-3,6-11,17-19,25H,4-5,12-16H2. The minimum absolute atomic E-state index is 0.428. The zero-order chi connectivity index (χ0) is 19.2. The lowest BCUT2D eigenvalue weighted by atomic mass is 9.78. The summed E-state index contributed by atoms with van der Waals surface area (Å²) in [6, 6.07) is 18.8. The van der Waals surface area contributed by atoms with Crippen molar-refractivity contribution in [2.75, 3.05) is 13.1 Å². The van der Waals surface area contributed by atoms with Crippen LogP contribution in [-0.2, 0) is 5.54 Å². The first-order valence-electron chi connectivity index (χ1n) is 10.2. The number of halogens is 1. The van der Waals surface area contributed by atoms with Gasteiger partial charge in [-0.05, 0) is 68.0 Å². The van der Waals surface area contributed by atoms with Crippen LogP contribution in [-0.4, -0.2) is 28.1 Å². The van der Waals surface area contributed by atoms with Gasteiger partial charge >= 0.3 is 0 Å². The molecule has 1 fully saturated rings. The average Bonchev–Trinajstić information content (AvgIpc) is 3.29. The second-order valence-corrected chi connectivity index (χ2v) is 8.07. The van der Waals surface area contributed by atoms with Crippen molar-refractivity contribution in [1.82, 2.24) is 20.3 Å². The van der Waals surface area contributed by atoms with Gasteiger partial charge in [-0.1, -0.05) is 60.5 Å². The van der Waals surface area contributed by atoms with Crippen molar-refractivity contribution in [2.45, 2.75) is 37.6 Å². The van der Waals surface area contributed by atoms with Crippen molar-refractivity contribution in [3.05, 3.63) is 83.1 Å². The van der Waals surface area contributed by atoms with E-state index in [0.29, 0.717) is 0 Å². The van der Waals surface area contributed by atoms with Crippen LogP contribution in [0.4, 0.5) is 0 Å². The molecule has 2 heterocycles. The van der Waals surface area contributed by atoms with E-state index in [-0.39, 0.29) is 0 Å². The molecule has 0 spiro atoms. The molecule has 1 unspecified atom stereocenters. The highest BCUT2D eigenvalue weighted by molar-refractivity contribution is 6.30. The Morgan fingerprint density at radius 3 is 2.25 bits per heavy atom. The Kier molecular flexibility index (Phi) is 6.08. The van der Waals surface area contributed by atoms with Gasteiger partial charge in [-0.3, -0.25) is 0 Å². The molecule has 1 saturated heterocycles. The summed E-state index contributed by atoms with van der Waals surface area (Å²) in [6.07, 6.45) is 9.41. The minimum Gasteiger partial charge on any atom is -0.317 e. The minimum atomic E-state index is -0.428. The molecule has 1 atom stereocenters. The predicted molar refractivity (Wildman–Crippen MR) is 114 cm³/mol. The zero-order valence-corrected chi connectivity index (χ0v) is 16.9. The van der Waals surface area contributed by atoms with E-state index < -0.39 is 5.54 Å². The van der Waals surface area contributed by atoms with E-state index >= 15 is 0 Å². The summed E-state index contributed by atoms with van der Waals surface area (Å²) in [4.78, 5) is 1.88. The van der Waals surface area contributed by atoms with Gasteiger partial charge in [0.2, 0.25) is 0 Å². The van der Waals surface area contributed by atoms with E-state index in [4.69, 9.17) is 11.6 Å². The fourth-order valence-corrected chi connectivity index (χ4v) is 4.58. The first kappa shape index (κ1) is 19.2. The van der Waals surface area contributed by atoms with Crippen LogP contribution in [0, 0.1) is 5.92 Å². The molecule has 146 valence electrons. The number of nitrogens with zero attached hydrogens (tertiary/aromatic N) is 3. The number of rotatable bonds is 7. The topological polar surface area (TPSA) is 42.7 Å². The van der Waals surface area contributed by atoms with Gasteiger partial charge in [-0.15, -0.1) is 0 Å². The number of hydrogen-bond donors (Lipinski definition) is 1. The average molecular weight is 395 g/mol. The molecule has 1 N–H and O–H groups in total. The molecule has 0 radical (unpaired) electrons. The summed E-state index contributed by atoms with van der Waals surface area (Å²) in [5.41, 5.74) is 1.95. The maximum atomic E-state index is 6.19. The summed E-state index contributed by atoms with van der Waals surface area (Å²) in [5, 5.41) is 13.4. The van der Waals surface area contributed by atoms with Crippen molar-refractivity contribution in [3.63, 3.8) is 0 Å². The highest BCUT2D eigenvalue weighted by atomic mass is 35.5. The third kappa shape index (κ3) is 3.98. The molecule has 28 heavy (non-hydrogen) atoms. The largest absolute Gasteiger partial charge is 0.317 e. The van der Waals surface area contributed by atoms with Crippen LogP contribution in [0.15, 0.2) is 67.0 Å². The molecule has 1 aliphatic rings. The molecule has 4 nitrogen and oxygen atoms in total. The fraction of sp³-hybridized carbons (Fsp3) is 0.391. The maximum absolute atomic E-state index is 6.19. The Morgan fingerprint density at radius 1 is 0.929 bits per heavy atom. The highest BCUT2D eigenvalue weighted by Crippen LogP contribution is 2.39. The third-order valence-electron chi connectivity index (χ3n) is 5.94. The molecule has 4 rings (SSSR count). The van der Waals surface area contributed by atoms with Gasteiger partial charge < -0.3 is 5.32 Å². The molecular weight excluding hydrogens is 368 g/mol. The smallest absolute Gasteiger partial charge is 0.132 e. The van der Waals surface area contributed by atoms with Crippen molar-refractivity contribution in [3.8, 4) is 0 Å².